The van der Waals surface area contributed by atoms with Crippen LogP contribution in [0, 0.1) is 5.82 Å². The molecule has 1 amide bonds. The van der Waals surface area contributed by atoms with E-state index in [4.69, 9.17) is 0 Å². The van der Waals surface area contributed by atoms with Crippen LogP contribution in [-0.2, 0) is 21.0 Å². The molecule has 1 heterocycles. The van der Waals surface area contributed by atoms with Gasteiger partial charge in [-0.2, -0.15) is 17.5 Å². The van der Waals surface area contributed by atoms with Gasteiger partial charge in [-0.3, -0.25) is 9.69 Å². The van der Waals surface area contributed by atoms with Crippen molar-refractivity contribution >= 4 is 21.6 Å². The lowest BCUT2D eigenvalue weighted by atomic mass is 10.2. The minimum Gasteiger partial charge on any atom is -0.325 e. The van der Waals surface area contributed by atoms with Gasteiger partial charge in [0.1, 0.15) is 10.7 Å². The quantitative estimate of drug-likeness (QED) is 0.719. The first-order valence-corrected chi connectivity index (χ1v) is 10.5. The van der Waals surface area contributed by atoms with Crippen molar-refractivity contribution in [2.75, 3.05) is 38.0 Å². The van der Waals surface area contributed by atoms with Crippen LogP contribution in [-0.4, -0.2) is 56.3 Å². The normalized spacial score (nSPS) is 16.4. The van der Waals surface area contributed by atoms with Crippen molar-refractivity contribution < 1.29 is 30.8 Å². The number of hydrogen-bond acceptors (Lipinski definition) is 4. The summed E-state index contributed by atoms with van der Waals surface area (Å²) in [4.78, 5) is 13.4. The van der Waals surface area contributed by atoms with Crippen molar-refractivity contribution in [1.29, 1.82) is 0 Å². The SMILES string of the molecule is O=C(CN1CCN(S(=O)(=O)c2ccccc2F)CC1)Nc1cccc(C(F)(F)F)c1. The molecular formula is C19H19F4N3O3S. The minimum atomic E-state index is -4.51. The number of halogens is 4. The number of nitrogens with zero attached hydrogens (tertiary/aromatic N) is 2. The lowest BCUT2D eigenvalue weighted by Crippen LogP contribution is -2.50. The summed E-state index contributed by atoms with van der Waals surface area (Å²) in [6, 6.07) is 9.40. The molecule has 0 saturated carbocycles. The van der Waals surface area contributed by atoms with Gasteiger partial charge >= 0.3 is 6.18 Å². The van der Waals surface area contributed by atoms with Crippen molar-refractivity contribution in [3.63, 3.8) is 0 Å². The number of benzene rings is 2. The van der Waals surface area contributed by atoms with Gasteiger partial charge in [-0.05, 0) is 30.3 Å². The summed E-state index contributed by atoms with van der Waals surface area (Å²) in [6.07, 6.45) is -4.51. The number of nitrogens with one attached hydrogen (secondary N) is 1. The Morgan fingerprint density at radius 1 is 1.00 bits per heavy atom. The number of amides is 1. The Kier molecular flexibility index (Phi) is 6.44. The van der Waals surface area contributed by atoms with E-state index in [0.29, 0.717) is 0 Å². The number of carbonyl (C=O) groups excluding carboxylic acids is 1. The molecule has 0 bridgehead atoms. The molecule has 1 aliphatic rings. The van der Waals surface area contributed by atoms with Crippen LogP contribution < -0.4 is 5.32 Å². The van der Waals surface area contributed by atoms with E-state index < -0.39 is 38.4 Å². The van der Waals surface area contributed by atoms with Crippen LogP contribution in [0.5, 0.6) is 0 Å². The van der Waals surface area contributed by atoms with Gasteiger partial charge in [0.2, 0.25) is 15.9 Å². The predicted octanol–water partition coefficient (Wildman–Crippen LogP) is 2.79. The van der Waals surface area contributed by atoms with Gasteiger partial charge in [0.05, 0.1) is 12.1 Å². The Morgan fingerprint density at radius 2 is 1.67 bits per heavy atom. The van der Waals surface area contributed by atoms with Crippen LogP contribution in [0.15, 0.2) is 53.4 Å². The first-order valence-electron chi connectivity index (χ1n) is 9.01. The van der Waals surface area contributed by atoms with Gasteiger partial charge in [-0.1, -0.05) is 18.2 Å². The van der Waals surface area contributed by atoms with Crippen LogP contribution in [0.1, 0.15) is 5.56 Å². The number of anilines is 1. The van der Waals surface area contributed by atoms with E-state index in [0.717, 1.165) is 22.5 Å². The Balaban J connectivity index is 1.56. The molecule has 6 nitrogen and oxygen atoms in total. The number of piperazine rings is 1. The van der Waals surface area contributed by atoms with E-state index >= 15 is 0 Å². The highest BCUT2D eigenvalue weighted by Crippen LogP contribution is 2.30. The van der Waals surface area contributed by atoms with E-state index in [1.54, 1.807) is 4.90 Å². The summed E-state index contributed by atoms with van der Waals surface area (Å²) >= 11 is 0. The largest absolute Gasteiger partial charge is 0.416 e. The van der Waals surface area contributed by atoms with Crippen LogP contribution in [0.4, 0.5) is 23.2 Å². The fourth-order valence-corrected chi connectivity index (χ4v) is 4.59. The Hall–Kier alpha value is -2.50. The molecule has 11 heteroatoms. The summed E-state index contributed by atoms with van der Waals surface area (Å²) in [5.41, 5.74) is -0.845. The first kappa shape index (κ1) is 22.2. The number of alkyl halides is 3. The molecule has 3 rings (SSSR count). The zero-order valence-corrected chi connectivity index (χ0v) is 16.5. The van der Waals surface area contributed by atoms with Gasteiger partial charge in [0.15, 0.2) is 0 Å². The summed E-state index contributed by atoms with van der Waals surface area (Å²) < 4.78 is 78.5. The molecule has 1 saturated heterocycles. The second-order valence-corrected chi connectivity index (χ2v) is 8.64. The Bertz CT molecular complexity index is 1020. The maximum atomic E-state index is 13.9. The summed E-state index contributed by atoms with van der Waals surface area (Å²) in [6.45, 7) is 0.470. The molecule has 1 aliphatic heterocycles. The van der Waals surface area contributed by atoms with Crippen molar-refractivity contribution in [3.05, 3.63) is 59.9 Å². The number of rotatable bonds is 5. The van der Waals surface area contributed by atoms with Gasteiger partial charge in [0.25, 0.3) is 0 Å². The average molecular weight is 445 g/mol. The van der Waals surface area contributed by atoms with Crippen molar-refractivity contribution in [3.8, 4) is 0 Å². The third-order valence-electron chi connectivity index (χ3n) is 4.63. The molecule has 0 atom stereocenters. The van der Waals surface area contributed by atoms with Gasteiger partial charge in [0, 0.05) is 31.9 Å². The lowest BCUT2D eigenvalue weighted by Gasteiger charge is -2.33. The van der Waals surface area contributed by atoms with E-state index in [2.05, 4.69) is 5.32 Å². The molecular weight excluding hydrogens is 426 g/mol. The van der Waals surface area contributed by atoms with Gasteiger partial charge < -0.3 is 5.32 Å². The second kappa shape index (κ2) is 8.70. The Labute approximate surface area is 171 Å². The molecule has 2 aromatic rings. The molecule has 2 aromatic carbocycles. The van der Waals surface area contributed by atoms with E-state index in [1.165, 1.54) is 30.3 Å². The highest BCUT2D eigenvalue weighted by atomic mass is 32.2. The Morgan fingerprint density at radius 3 is 2.30 bits per heavy atom. The molecule has 162 valence electrons. The summed E-state index contributed by atoms with van der Waals surface area (Å²) in [5, 5.41) is 2.41. The van der Waals surface area contributed by atoms with Gasteiger partial charge in [-0.15, -0.1) is 0 Å². The standard InChI is InChI=1S/C19H19F4N3O3S/c20-16-6-1-2-7-17(16)30(28,29)26-10-8-25(9-11-26)13-18(27)24-15-5-3-4-14(12-15)19(21,22)23/h1-7,12H,8-11,13H2,(H,24,27). The summed E-state index contributed by atoms with van der Waals surface area (Å²) in [5.74, 6) is -1.35. The smallest absolute Gasteiger partial charge is 0.325 e. The molecule has 1 N–H and O–H groups in total. The number of hydrogen-bond donors (Lipinski definition) is 1. The highest BCUT2D eigenvalue weighted by molar-refractivity contribution is 7.89. The molecule has 0 unspecified atom stereocenters. The van der Waals surface area contributed by atoms with E-state index in [9.17, 15) is 30.8 Å². The lowest BCUT2D eigenvalue weighted by molar-refractivity contribution is -0.137. The number of carbonyl (C=O) groups is 1. The fourth-order valence-electron chi connectivity index (χ4n) is 3.10. The predicted molar refractivity (Wildman–Crippen MR) is 102 cm³/mol. The van der Waals surface area contributed by atoms with Crippen LogP contribution in [0.3, 0.4) is 0 Å². The monoisotopic (exact) mass is 445 g/mol. The highest BCUT2D eigenvalue weighted by Gasteiger charge is 2.32. The molecule has 1 fully saturated rings. The molecule has 0 aromatic heterocycles. The van der Waals surface area contributed by atoms with E-state index in [-0.39, 0.29) is 38.4 Å². The zero-order valence-electron chi connectivity index (χ0n) is 15.7. The minimum absolute atomic E-state index is 0.0237. The maximum absolute atomic E-state index is 13.9. The molecule has 0 spiro atoms. The van der Waals surface area contributed by atoms with E-state index in [1.807, 2.05) is 0 Å². The van der Waals surface area contributed by atoms with Gasteiger partial charge in [-0.25, -0.2) is 12.8 Å². The van der Waals surface area contributed by atoms with Crippen LogP contribution in [0.25, 0.3) is 0 Å². The van der Waals surface area contributed by atoms with Crippen molar-refractivity contribution in [2.24, 2.45) is 0 Å². The third kappa shape index (κ3) is 5.15. The molecule has 0 radical (unpaired) electrons. The topological polar surface area (TPSA) is 69.7 Å². The van der Waals surface area contributed by atoms with Crippen LogP contribution >= 0.6 is 0 Å². The first-order chi connectivity index (χ1) is 14.1. The molecule has 0 aliphatic carbocycles. The average Bonchev–Trinajstić information content (AvgIpc) is 2.68. The third-order valence-corrected chi connectivity index (χ3v) is 6.56. The second-order valence-electron chi connectivity index (χ2n) is 6.74. The number of sulfonamides is 1. The van der Waals surface area contributed by atoms with Crippen LogP contribution in [0.2, 0.25) is 0 Å². The fraction of sp³-hybridized carbons (Fsp3) is 0.316. The van der Waals surface area contributed by atoms with Crippen molar-refractivity contribution in [2.45, 2.75) is 11.1 Å². The van der Waals surface area contributed by atoms with Crippen molar-refractivity contribution in [1.82, 2.24) is 9.21 Å². The summed E-state index contributed by atoms with van der Waals surface area (Å²) in [7, 11) is -3.99. The maximum Gasteiger partial charge on any atom is 0.416 e. The zero-order chi connectivity index (χ0) is 21.9. The molecule has 30 heavy (non-hydrogen) atoms.